The minimum atomic E-state index is -0.270. The second kappa shape index (κ2) is 9.09. The van der Waals surface area contributed by atoms with Crippen molar-refractivity contribution >= 4 is 11.6 Å². The maximum Gasteiger partial charge on any atom is 0.260 e. The molecule has 0 bridgehead atoms. The van der Waals surface area contributed by atoms with Gasteiger partial charge in [0.05, 0.1) is 5.56 Å². The molecule has 1 fully saturated rings. The van der Waals surface area contributed by atoms with E-state index in [0.717, 1.165) is 40.9 Å². The molecule has 31 heavy (non-hydrogen) atoms. The summed E-state index contributed by atoms with van der Waals surface area (Å²) in [5, 5.41) is 0. The number of hydrogen-bond donors (Lipinski definition) is 0. The largest absolute Gasteiger partial charge is 0.347 e. The summed E-state index contributed by atoms with van der Waals surface area (Å²) in [7, 11) is 1.83. The maximum atomic E-state index is 13.9. The summed E-state index contributed by atoms with van der Waals surface area (Å²) in [6, 6.07) is 16.6. The predicted octanol–water partition coefficient (Wildman–Crippen LogP) is 7.20. The van der Waals surface area contributed by atoms with Crippen LogP contribution in [-0.4, -0.2) is 17.5 Å². The van der Waals surface area contributed by atoms with Crippen molar-refractivity contribution in [2.24, 2.45) is 0 Å². The van der Waals surface area contributed by atoms with Crippen LogP contribution in [0.3, 0.4) is 0 Å². The van der Waals surface area contributed by atoms with Crippen LogP contribution in [0.5, 0.6) is 0 Å². The van der Waals surface area contributed by atoms with Gasteiger partial charge < -0.3 is 9.47 Å². The Kier molecular flexibility index (Phi) is 6.26. The lowest BCUT2D eigenvalue weighted by molar-refractivity contribution is 0.0992. The van der Waals surface area contributed by atoms with E-state index in [4.69, 9.17) is 0 Å². The van der Waals surface area contributed by atoms with Crippen molar-refractivity contribution in [1.82, 2.24) is 4.57 Å². The van der Waals surface area contributed by atoms with E-state index in [1.165, 1.54) is 31.4 Å². The lowest BCUT2D eigenvalue weighted by Gasteiger charge is -2.27. The molecule has 3 aromatic rings. The fourth-order valence-electron chi connectivity index (χ4n) is 4.80. The number of rotatable bonds is 5. The van der Waals surface area contributed by atoms with Gasteiger partial charge in [-0.05, 0) is 48.6 Å². The van der Waals surface area contributed by atoms with Crippen molar-refractivity contribution in [2.75, 3.05) is 11.9 Å². The number of anilines is 1. The van der Waals surface area contributed by atoms with Crippen molar-refractivity contribution in [2.45, 2.75) is 57.9 Å². The molecule has 1 heterocycles. The van der Waals surface area contributed by atoms with Gasteiger partial charge in [-0.15, -0.1) is 0 Å². The van der Waals surface area contributed by atoms with E-state index in [2.05, 4.69) is 24.6 Å². The quantitative estimate of drug-likeness (QED) is 0.430. The van der Waals surface area contributed by atoms with Crippen molar-refractivity contribution in [3.8, 4) is 11.1 Å². The fourth-order valence-corrected chi connectivity index (χ4v) is 4.80. The highest BCUT2D eigenvalue weighted by Crippen LogP contribution is 2.39. The molecule has 4 heteroatoms. The molecular weight excluding hydrogens is 387 g/mol. The zero-order chi connectivity index (χ0) is 22.0. The summed E-state index contributed by atoms with van der Waals surface area (Å²) < 4.78 is 16.0. The number of carbonyl (C=O) groups is 1. The molecule has 0 unspecified atom stereocenters. The van der Waals surface area contributed by atoms with Crippen LogP contribution < -0.4 is 4.90 Å². The molecule has 2 aromatic carbocycles. The van der Waals surface area contributed by atoms with Crippen LogP contribution in [0.4, 0.5) is 10.1 Å². The molecule has 1 aliphatic rings. The minimum Gasteiger partial charge on any atom is -0.347 e. The van der Waals surface area contributed by atoms with Crippen LogP contribution in [0.1, 0.15) is 74.0 Å². The van der Waals surface area contributed by atoms with Gasteiger partial charge in [0.2, 0.25) is 0 Å². The molecule has 0 aliphatic heterocycles. The van der Waals surface area contributed by atoms with Crippen LogP contribution in [0.15, 0.2) is 60.8 Å². The van der Waals surface area contributed by atoms with Crippen LogP contribution in [0, 0.1) is 5.82 Å². The van der Waals surface area contributed by atoms with Gasteiger partial charge in [-0.3, -0.25) is 4.79 Å². The molecule has 0 saturated heterocycles. The molecule has 0 N–H and O–H groups in total. The highest BCUT2D eigenvalue weighted by molar-refractivity contribution is 6.11. The summed E-state index contributed by atoms with van der Waals surface area (Å²) in [5.74, 6) is -0.100. The van der Waals surface area contributed by atoms with Gasteiger partial charge in [-0.2, -0.15) is 0 Å². The topological polar surface area (TPSA) is 25.2 Å². The first-order chi connectivity index (χ1) is 15.0. The van der Waals surface area contributed by atoms with Gasteiger partial charge in [0.15, 0.2) is 0 Å². The Morgan fingerprint density at radius 2 is 1.65 bits per heavy atom. The Hall–Kier alpha value is -2.88. The van der Waals surface area contributed by atoms with Gasteiger partial charge >= 0.3 is 0 Å². The van der Waals surface area contributed by atoms with E-state index in [0.29, 0.717) is 6.04 Å². The first-order valence-electron chi connectivity index (χ1n) is 11.3. The van der Waals surface area contributed by atoms with Crippen LogP contribution in [0.2, 0.25) is 0 Å². The number of hydrogen-bond acceptors (Lipinski definition) is 1. The summed E-state index contributed by atoms with van der Waals surface area (Å²) in [6.07, 6.45) is 8.14. The standard InChI is InChI=1S/C27H31FN2O/c1-19(2)26-25(27(31)29(3)22-10-6-4-7-11-22)24(20-14-16-21(28)17-15-20)18-30(26)23-12-8-5-9-13-23/h4,6-7,10-11,14-19,23H,5,8-9,12-13H2,1-3H3. The number of benzene rings is 2. The molecule has 4 rings (SSSR count). The Morgan fingerprint density at radius 3 is 2.26 bits per heavy atom. The van der Waals surface area contributed by atoms with E-state index in [-0.39, 0.29) is 17.6 Å². The molecule has 1 amide bonds. The third-order valence-electron chi connectivity index (χ3n) is 6.40. The predicted molar refractivity (Wildman–Crippen MR) is 125 cm³/mol. The zero-order valence-corrected chi connectivity index (χ0v) is 18.6. The number of aromatic nitrogens is 1. The number of carbonyl (C=O) groups excluding carboxylic acids is 1. The van der Waals surface area contributed by atoms with Crippen LogP contribution >= 0.6 is 0 Å². The Balaban J connectivity index is 1.88. The molecule has 1 aromatic heterocycles. The lowest BCUT2D eigenvalue weighted by atomic mass is 9.94. The number of nitrogens with zero attached hydrogens (tertiary/aromatic N) is 2. The second-order valence-electron chi connectivity index (χ2n) is 8.86. The smallest absolute Gasteiger partial charge is 0.260 e. The second-order valence-corrected chi connectivity index (χ2v) is 8.86. The molecule has 1 saturated carbocycles. The Labute approximate surface area is 184 Å². The number of halogens is 1. The average Bonchev–Trinajstić information content (AvgIpc) is 3.21. The van der Waals surface area contributed by atoms with Crippen molar-refractivity contribution in [3.05, 3.63) is 77.9 Å². The third-order valence-corrected chi connectivity index (χ3v) is 6.40. The highest BCUT2D eigenvalue weighted by atomic mass is 19.1. The molecule has 1 aliphatic carbocycles. The van der Waals surface area contributed by atoms with Crippen molar-refractivity contribution in [3.63, 3.8) is 0 Å². The monoisotopic (exact) mass is 418 g/mol. The van der Waals surface area contributed by atoms with Crippen LogP contribution in [-0.2, 0) is 0 Å². The number of amides is 1. The summed E-state index contributed by atoms with van der Waals surface area (Å²) in [4.78, 5) is 15.6. The average molecular weight is 419 g/mol. The van der Waals surface area contributed by atoms with E-state index in [1.807, 2.05) is 37.4 Å². The normalized spacial score (nSPS) is 14.7. The molecular formula is C27H31FN2O. The molecule has 162 valence electrons. The SMILES string of the molecule is CC(C)c1c(C(=O)N(C)c2ccccc2)c(-c2ccc(F)cc2)cn1C1CCCCC1. The molecule has 3 nitrogen and oxygen atoms in total. The van der Waals surface area contributed by atoms with Gasteiger partial charge in [0, 0.05) is 36.2 Å². The summed E-state index contributed by atoms with van der Waals surface area (Å²) in [5.41, 5.74) is 4.44. The summed E-state index contributed by atoms with van der Waals surface area (Å²) >= 11 is 0. The van der Waals surface area contributed by atoms with E-state index < -0.39 is 0 Å². The third kappa shape index (κ3) is 4.30. The zero-order valence-electron chi connectivity index (χ0n) is 18.6. The van der Waals surface area contributed by atoms with Gasteiger partial charge in [0.25, 0.3) is 5.91 Å². The van der Waals surface area contributed by atoms with Gasteiger partial charge in [-0.1, -0.05) is 63.4 Å². The summed E-state index contributed by atoms with van der Waals surface area (Å²) in [6.45, 7) is 4.31. The number of para-hydroxylation sites is 1. The first kappa shape index (κ1) is 21.4. The van der Waals surface area contributed by atoms with E-state index >= 15 is 0 Å². The fraction of sp³-hybridized carbons (Fsp3) is 0.370. The Bertz CT molecular complexity index is 1030. The van der Waals surface area contributed by atoms with E-state index in [9.17, 15) is 9.18 Å². The Morgan fingerprint density at radius 1 is 1.00 bits per heavy atom. The molecule has 0 spiro atoms. The van der Waals surface area contributed by atoms with Crippen molar-refractivity contribution in [1.29, 1.82) is 0 Å². The maximum absolute atomic E-state index is 13.9. The van der Waals surface area contributed by atoms with Gasteiger partial charge in [-0.25, -0.2) is 4.39 Å². The first-order valence-corrected chi connectivity index (χ1v) is 11.3. The molecule has 0 atom stereocenters. The van der Waals surface area contributed by atoms with E-state index in [1.54, 1.807) is 17.0 Å². The van der Waals surface area contributed by atoms with Gasteiger partial charge in [0.1, 0.15) is 5.82 Å². The lowest BCUT2D eigenvalue weighted by Crippen LogP contribution is -2.28. The molecule has 0 radical (unpaired) electrons. The van der Waals surface area contributed by atoms with Crippen molar-refractivity contribution < 1.29 is 9.18 Å². The minimum absolute atomic E-state index is 0.0243. The highest BCUT2D eigenvalue weighted by Gasteiger charge is 2.30. The van der Waals surface area contributed by atoms with Crippen LogP contribution in [0.25, 0.3) is 11.1 Å².